The minimum absolute atomic E-state index is 0.143. The van der Waals surface area contributed by atoms with E-state index in [-0.39, 0.29) is 16.6 Å². The van der Waals surface area contributed by atoms with Crippen LogP contribution in [0.5, 0.6) is 5.75 Å². The molecule has 5 heteroatoms. The molecule has 0 spiro atoms. The predicted molar refractivity (Wildman–Crippen MR) is 202 cm³/mol. The van der Waals surface area contributed by atoms with Gasteiger partial charge in [0.15, 0.2) is 0 Å². The minimum Gasteiger partial charge on any atom is -0.507 e. The number of hydrogen-bond acceptors (Lipinski definition) is 4. The maximum Gasteiger partial charge on any atom is 0.149 e. The van der Waals surface area contributed by atoms with E-state index in [1.165, 1.54) is 0 Å². The molecule has 5 nitrogen and oxygen atoms in total. The van der Waals surface area contributed by atoms with E-state index in [1.807, 2.05) is 60.8 Å². The lowest BCUT2D eigenvalue weighted by molar-refractivity contribution is 0.446. The topological polar surface area (TPSA) is 64.1 Å². The van der Waals surface area contributed by atoms with Crippen LogP contribution in [0.1, 0.15) is 52.7 Å². The number of phenolic OH excluding ortho intramolecular Hbond substituents is 1. The highest BCUT2D eigenvalue weighted by atomic mass is 16.3. The first-order valence-electron chi connectivity index (χ1n) is 16.8. The zero-order chi connectivity index (χ0) is 34.1. The summed E-state index contributed by atoms with van der Waals surface area (Å²) in [6.07, 6.45) is 1.82. The Morgan fingerprint density at radius 1 is 0.653 bits per heavy atom. The Balaban J connectivity index is 1.49. The van der Waals surface area contributed by atoms with Crippen LogP contribution in [-0.4, -0.2) is 19.6 Å². The number of rotatable bonds is 4. The molecule has 3 heterocycles. The smallest absolute Gasteiger partial charge is 0.149 e. The number of hydrogen-bond donors (Lipinski definition) is 1. The summed E-state index contributed by atoms with van der Waals surface area (Å²) in [5.41, 5.74) is 10.4. The number of nitrogens with zero attached hydrogens (tertiary/aromatic N) is 3. The molecule has 5 aromatic carbocycles. The molecule has 3 aromatic heterocycles. The second-order valence-corrected chi connectivity index (χ2v) is 14.9. The Morgan fingerprint density at radius 3 is 2.14 bits per heavy atom. The van der Waals surface area contributed by atoms with Crippen molar-refractivity contribution in [2.75, 3.05) is 0 Å². The van der Waals surface area contributed by atoms with E-state index < -0.39 is 0 Å². The Hall–Kier alpha value is -5.68. The van der Waals surface area contributed by atoms with Crippen LogP contribution in [0.2, 0.25) is 0 Å². The Bertz CT molecular complexity index is 2510. The molecular formula is C44H39N3O2. The molecule has 0 saturated heterocycles. The average molecular weight is 642 g/mol. The molecule has 0 aliphatic rings. The van der Waals surface area contributed by atoms with Gasteiger partial charge in [-0.25, -0.2) is 4.98 Å². The number of pyridine rings is 1. The quantitative estimate of drug-likeness (QED) is 0.208. The molecule has 0 fully saturated rings. The Morgan fingerprint density at radius 2 is 1.41 bits per heavy atom. The van der Waals surface area contributed by atoms with Crippen LogP contribution < -0.4 is 0 Å². The molecule has 8 aromatic rings. The van der Waals surface area contributed by atoms with Crippen LogP contribution in [-0.2, 0) is 10.8 Å². The number of aromatic hydroxyl groups is 1. The molecule has 0 unspecified atom stereocenters. The van der Waals surface area contributed by atoms with Crippen LogP contribution >= 0.6 is 0 Å². The van der Waals surface area contributed by atoms with Gasteiger partial charge in [-0.3, -0.25) is 9.55 Å². The molecule has 242 valence electrons. The van der Waals surface area contributed by atoms with Crippen molar-refractivity contribution in [3.05, 3.63) is 133 Å². The van der Waals surface area contributed by atoms with Crippen molar-refractivity contribution in [3.8, 4) is 45.2 Å². The number of imidazole rings is 1. The van der Waals surface area contributed by atoms with Crippen molar-refractivity contribution in [1.29, 1.82) is 0 Å². The summed E-state index contributed by atoms with van der Waals surface area (Å²) in [6.45, 7) is 13.1. The summed E-state index contributed by atoms with van der Waals surface area (Å²) < 4.78 is 8.79. The van der Waals surface area contributed by atoms with Crippen LogP contribution in [0.15, 0.2) is 126 Å². The lowest BCUT2D eigenvalue weighted by Gasteiger charge is -2.27. The third kappa shape index (κ3) is 5.17. The van der Waals surface area contributed by atoms with Gasteiger partial charge < -0.3 is 9.52 Å². The van der Waals surface area contributed by atoms with Gasteiger partial charge in [0.05, 0.1) is 22.3 Å². The van der Waals surface area contributed by atoms with E-state index in [4.69, 9.17) is 14.4 Å². The fraction of sp³-hybridized carbons (Fsp3) is 0.182. The summed E-state index contributed by atoms with van der Waals surface area (Å²) in [5, 5.41) is 14.1. The van der Waals surface area contributed by atoms with Crippen LogP contribution in [0.3, 0.4) is 0 Å². The molecule has 0 aliphatic carbocycles. The van der Waals surface area contributed by atoms with Gasteiger partial charge >= 0.3 is 0 Å². The highest BCUT2D eigenvalue weighted by Crippen LogP contribution is 2.46. The van der Waals surface area contributed by atoms with Crippen molar-refractivity contribution < 1.29 is 9.52 Å². The van der Waals surface area contributed by atoms with Gasteiger partial charge in [0.25, 0.3) is 0 Å². The molecule has 49 heavy (non-hydrogen) atoms. The third-order valence-corrected chi connectivity index (χ3v) is 9.45. The Kier molecular flexibility index (Phi) is 7.00. The van der Waals surface area contributed by atoms with Gasteiger partial charge in [-0.05, 0) is 71.0 Å². The van der Waals surface area contributed by atoms with E-state index >= 15 is 0 Å². The maximum absolute atomic E-state index is 12.1. The van der Waals surface area contributed by atoms with E-state index in [2.05, 4.69) is 107 Å². The van der Waals surface area contributed by atoms with Crippen molar-refractivity contribution in [3.63, 3.8) is 0 Å². The van der Waals surface area contributed by atoms with Gasteiger partial charge in [0.1, 0.15) is 22.7 Å². The molecular weight excluding hydrogens is 603 g/mol. The van der Waals surface area contributed by atoms with E-state index in [0.29, 0.717) is 11.4 Å². The van der Waals surface area contributed by atoms with Gasteiger partial charge in [-0.2, -0.15) is 0 Å². The zero-order valence-corrected chi connectivity index (χ0v) is 28.7. The number of para-hydroxylation sites is 3. The summed E-state index contributed by atoms with van der Waals surface area (Å²) in [6, 6.07) is 39.3. The summed E-state index contributed by atoms with van der Waals surface area (Å²) in [5.74, 6) is 0.941. The second kappa shape index (κ2) is 11.2. The van der Waals surface area contributed by atoms with E-state index in [1.54, 1.807) is 0 Å². The number of furan rings is 1. The first kappa shape index (κ1) is 30.6. The minimum atomic E-state index is -0.284. The molecule has 0 aliphatic heterocycles. The van der Waals surface area contributed by atoms with Gasteiger partial charge in [-0.1, -0.05) is 102 Å². The monoisotopic (exact) mass is 641 g/mol. The van der Waals surface area contributed by atoms with Crippen LogP contribution in [0.25, 0.3) is 72.4 Å². The van der Waals surface area contributed by atoms with Gasteiger partial charge in [0, 0.05) is 44.9 Å². The number of aromatic nitrogens is 3. The first-order valence-corrected chi connectivity index (χ1v) is 16.8. The largest absolute Gasteiger partial charge is 0.507 e. The highest BCUT2D eigenvalue weighted by Gasteiger charge is 2.29. The summed E-state index contributed by atoms with van der Waals surface area (Å²) in [4.78, 5) is 10.2. The number of benzene rings is 5. The second-order valence-electron chi connectivity index (χ2n) is 14.9. The van der Waals surface area contributed by atoms with Crippen molar-refractivity contribution in [2.45, 2.75) is 52.4 Å². The highest BCUT2D eigenvalue weighted by molar-refractivity contribution is 6.13. The molecule has 1 N–H and O–H groups in total. The third-order valence-electron chi connectivity index (χ3n) is 9.45. The Labute approximate surface area is 286 Å². The normalized spacial score (nSPS) is 12.4. The summed E-state index contributed by atoms with van der Waals surface area (Å²) in [7, 11) is 0. The molecule has 0 saturated carbocycles. The predicted octanol–water partition coefficient (Wildman–Crippen LogP) is 11.6. The van der Waals surface area contributed by atoms with E-state index in [0.717, 1.165) is 72.2 Å². The van der Waals surface area contributed by atoms with Gasteiger partial charge in [0.2, 0.25) is 0 Å². The van der Waals surface area contributed by atoms with E-state index in [9.17, 15) is 5.11 Å². The SMILES string of the molecule is CC(C)(C)c1cc(-c2nc3c(-c4cc(-c5ccccn5)cc5c4oc4ccccc45)cccc3n2-c2ccccc2)c(O)c(C(C)(C)C)c1. The van der Waals surface area contributed by atoms with Crippen molar-refractivity contribution in [2.24, 2.45) is 0 Å². The molecule has 0 atom stereocenters. The van der Waals surface area contributed by atoms with Gasteiger partial charge in [-0.15, -0.1) is 0 Å². The molecule has 8 rings (SSSR count). The van der Waals surface area contributed by atoms with Crippen LogP contribution in [0.4, 0.5) is 0 Å². The molecule has 0 amide bonds. The average Bonchev–Trinajstić information content (AvgIpc) is 3.67. The lowest BCUT2D eigenvalue weighted by Crippen LogP contribution is -2.17. The first-order chi connectivity index (χ1) is 23.5. The van der Waals surface area contributed by atoms with Crippen LogP contribution in [0, 0.1) is 0 Å². The van der Waals surface area contributed by atoms with Crippen molar-refractivity contribution in [1.82, 2.24) is 14.5 Å². The molecule has 0 radical (unpaired) electrons. The maximum atomic E-state index is 12.1. The van der Waals surface area contributed by atoms with Crippen molar-refractivity contribution >= 4 is 33.0 Å². The fourth-order valence-electron chi connectivity index (χ4n) is 6.85. The zero-order valence-electron chi connectivity index (χ0n) is 28.7. The summed E-state index contributed by atoms with van der Waals surface area (Å²) >= 11 is 0. The molecule has 0 bridgehead atoms. The standard InChI is InChI=1S/C44H39N3O2/c1-43(2,3)28-25-34(40(48)35(26-28)44(4,5)6)42-46-39-31(18-14-20-37(39)47(42)29-15-8-7-9-16-29)33-24-27(36-19-12-13-22-45-36)23-32-30-17-10-11-21-38(30)49-41(32)33/h7-26,48H,1-6H3. The fourth-order valence-corrected chi connectivity index (χ4v) is 6.85. The lowest BCUT2D eigenvalue weighted by atomic mass is 9.79. The number of fused-ring (bicyclic) bond motifs is 4. The number of phenols is 1.